The van der Waals surface area contributed by atoms with Gasteiger partial charge in [0.05, 0.1) is 10.2 Å². The van der Waals surface area contributed by atoms with Gasteiger partial charge in [0.15, 0.2) is 0 Å². The highest BCUT2D eigenvalue weighted by Crippen LogP contribution is 2.27. The maximum Gasteiger partial charge on any atom is 0.250 e. The first kappa shape index (κ1) is 15.7. The lowest BCUT2D eigenvalue weighted by atomic mass is 10.3. The van der Waals surface area contributed by atoms with Crippen LogP contribution in [0, 0.1) is 0 Å². The van der Waals surface area contributed by atoms with Crippen LogP contribution in [0.3, 0.4) is 0 Å². The lowest BCUT2D eigenvalue weighted by Crippen LogP contribution is -2.24. The molecule has 0 unspecified atom stereocenters. The molecule has 0 spiro atoms. The first-order valence-electron chi connectivity index (χ1n) is 6.66. The Morgan fingerprint density at radius 3 is 2.95 bits per heavy atom. The summed E-state index contributed by atoms with van der Waals surface area (Å²) in [7, 11) is -3.44. The molecule has 1 aliphatic rings. The standard InChI is InChI=1S/C12H14BrN5O2S2/c13-9-6-15-12-17-8-5-10(21-7-8)22(19,20)16-4-2-1-3-14-11(9)18-12/h5-7,16H,1-4H2,(H2,14,15,17,18). The minimum atomic E-state index is -3.44. The number of halogens is 1. The second kappa shape index (κ2) is 6.49. The Bertz CT molecular complexity index is 778. The van der Waals surface area contributed by atoms with Crippen LogP contribution in [-0.4, -0.2) is 31.5 Å². The van der Waals surface area contributed by atoms with Crippen molar-refractivity contribution < 1.29 is 8.42 Å². The number of hydrogen-bond donors (Lipinski definition) is 3. The lowest BCUT2D eigenvalue weighted by Gasteiger charge is -2.10. The normalized spacial score (nSPS) is 17.9. The topological polar surface area (TPSA) is 96.0 Å². The maximum absolute atomic E-state index is 12.1. The molecule has 3 N–H and O–H groups in total. The van der Waals surface area contributed by atoms with E-state index in [-0.39, 0.29) is 4.21 Å². The lowest BCUT2D eigenvalue weighted by molar-refractivity contribution is 0.579. The number of nitrogens with zero attached hydrogens (tertiary/aromatic N) is 2. The van der Waals surface area contributed by atoms with Crippen LogP contribution in [0.5, 0.6) is 0 Å². The van der Waals surface area contributed by atoms with Gasteiger partial charge < -0.3 is 10.6 Å². The van der Waals surface area contributed by atoms with E-state index in [1.165, 1.54) is 0 Å². The van der Waals surface area contributed by atoms with Crippen LogP contribution in [0.1, 0.15) is 12.8 Å². The summed E-state index contributed by atoms with van der Waals surface area (Å²) in [4.78, 5) is 8.57. The van der Waals surface area contributed by atoms with Gasteiger partial charge in [0, 0.05) is 24.7 Å². The van der Waals surface area contributed by atoms with Gasteiger partial charge >= 0.3 is 0 Å². The van der Waals surface area contributed by atoms with Crippen molar-refractivity contribution in [1.82, 2.24) is 14.7 Å². The molecular formula is C12H14BrN5O2S2. The quantitative estimate of drug-likeness (QED) is 0.625. The van der Waals surface area contributed by atoms with Crippen LogP contribution in [0.25, 0.3) is 0 Å². The van der Waals surface area contributed by atoms with E-state index in [2.05, 4.69) is 41.3 Å². The van der Waals surface area contributed by atoms with E-state index in [0.717, 1.165) is 28.7 Å². The van der Waals surface area contributed by atoms with Crippen LogP contribution < -0.4 is 15.4 Å². The summed E-state index contributed by atoms with van der Waals surface area (Å²) in [5.41, 5.74) is 0.649. The zero-order valence-corrected chi connectivity index (χ0v) is 14.7. The Labute approximate surface area is 140 Å². The number of anilines is 3. The van der Waals surface area contributed by atoms with Gasteiger partial charge in [-0.2, -0.15) is 4.98 Å². The molecule has 0 atom stereocenters. The van der Waals surface area contributed by atoms with Gasteiger partial charge in [0.25, 0.3) is 0 Å². The second-order valence-electron chi connectivity index (χ2n) is 4.70. The van der Waals surface area contributed by atoms with Crippen molar-refractivity contribution in [3.8, 4) is 0 Å². The molecule has 0 saturated heterocycles. The van der Waals surface area contributed by atoms with Crippen LogP contribution in [0.4, 0.5) is 17.5 Å². The average molecular weight is 404 g/mol. The van der Waals surface area contributed by atoms with Crippen molar-refractivity contribution in [2.45, 2.75) is 17.1 Å². The van der Waals surface area contributed by atoms with Crippen LogP contribution >= 0.6 is 27.3 Å². The molecule has 7 nitrogen and oxygen atoms in total. The molecule has 4 bridgehead atoms. The fourth-order valence-corrected chi connectivity index (χ4v) is 4.50. The highest BCUT2D eigenvalue weighted by molar-refractivity contribution is 9.10. The third-order valence-corrected chi connectivity index (χ3v) is 6.51. The predicted octanol–water partition coefficient (Wildman–Crippen LogP) is 2.53. The molecule has 0 amide bonds. The van der Waals surface area contributed by atoms with Gasteiger partial charge in [-0.15, -0.1) is 11.3 Å². The van der Waals surface area contributed by atoms with E-state index in [1.54, 1.807) is 17.6 Å². The summed E-state index contributed by atoms with van der Waals surface area (Å²) in [5.74, 6) is 1.13. The minimum Gasteiger partial charge on any atom is -0.369 e. The summed E-state index contributed by atoms with van der Waals surface area (Å²) in [6, 6.07) is 1.58. The van der Waals surface area contributed by atoms with Gasteiger partial charge in [-0.1, -0.05) is 0 Å². The third kappa shape index (κ3) is 3.57. The minimum absolute atomic E-state index is 0.280. The Morgan fingerprint density at radius 2 is 2.09 bits per heavy atom. The molecule has 0 aromatic carbocycles. The molecule has 22 heavy (non-hydrogen) atoms. The van der Waals surface area contributed by atoms with Gasteiger partial charge in [0.2, 0.25) is 16.0 Å². The Kier molecular flexibility index (Phi) is 4.62. The molecule has 0 aliphatic carbocycles. The van der Waals surface area contributed by atoms with Crippen molar-refractivity contribution in [2.75, 3.05) is 23.7 Å². The van der Waals surface area contributed by atoms with Crippen LogP contribution in [-0.2, 0) is 10.0 Å². The summed E-state index contributed by atoms with van der Waals surface area (Å²) >= 11 is 4.57. The summed E-state index contributed by atoms with van der Waals surface area (Å²) in [6.07, 6.45) is 3.24. The Balaban J connectivity index is 1.94. The first-order valence-corrected chi connectivity index (χ1v) is 9.82. The molecule has 1 aliphatic heterocycles. The Morgan fingerprint density at radius 1 is 1.27 bits per heavy atom. The molecular weight excluding hydrogens is 390 g/mol. The number of sulfonamides is 1. The predicted molar refractivity (Wildman–Crippen MR) is 90.2 cm³/mol. The maximum atomic E-state index is 12.1. The molecule has 118 valence electrons. The van der Waals surface area contributed by atoms with E-state index >= 15 is 0 Å². The number of fused-ring (bicyclic) bond motifs is 4. The highest BCUT2D eigenvalue weighted by atomic mass is 79.9. The molecule has 2 aromatic heterocycles. The molecule has 3 rings (SSSR count). The molecule has 0 radical (unpaired) electrons. The van der Waals surface area contributed by atoms with Gasteiger partial charge in [-0.3, -0.25) is 0 Å². The van der Waals surface area contributed by atoms with Crippen LogP contribution in [0.2, 0.25) is 0 Å². The Hall–Kier alpha value is -1.23. The number of nitrogens with one attached hydrogen (secondary N) is 3. The zero-order valence-electron chi connectivity index (χ0n) is 11.5. The third-order valence-electron chi connectivity index (χ3n) is 3.03. The second-order valence-corrected chi connectivity index (χ2v) is 8.46. The average Bonchev–Trinajstić information content (AvgIpc) is 2.94. The summed E-state index contributed by atoms with van der Waals surface area (Å²) < 4.78 is 28.0. The fraction of sp³-hybridized carbons (Fsp3) is 0.333. The van der Waals surface area contributed by atoms with E-state index in [9.17, 15) is 8.42 Å². The number of rotatable bonds is 0. The van der Waals surface area contributed by atoms with Gasteiger partial charge in [0.1, 0.15) is 10.0 Å². The van der Waals surface area contributed by atoms with Gasteiger partial charge in [-0.05, 0) is 34.8 Å². The van der Waals surface area contributed by atoms with Gasteiger partial charge in [-0.25, -0.2) is 18.1 Å². The van der Waals surface area contributed by atoms with Crippen molar-refractivity contribution >= 4 is 54.7 Å². The number of hydrogen-bond acceptors (Lipinski definition) is 7. The van der Waals surface area contributed by atoms with E-state index in [4.69, 9.17) is 0 Å². The van der Waals surface area contributed by atoms with Crippen molar-refractivity contribution in [1.29, 1.82) is 0 Å². The summed E-state index contributed by atoms with van der Waals surface area (Å²) in [5, 5.41) is 7.96. The SMILES string of the molecule is O=S1(=O)NCCCCNc2nc(ncc2Br)Nc2csc1c2. The summed E-state index contributed by atoms with van der Waals surface area (Å²) in [6.45, 7) is 1.12. The highest BCUT2D eigenvalue weighted by Gasteiger charge is 2.17. The smallest absolute Gasteiger partial charge is 0.250 e. The van der Waals surface area contributed by atoms with Crippen LogP contribution in [0.15, 0.2) is 26.3 Å². The monoisotopic (exact) mass is 403 g/mol. The van der Waals surface area contributed by atoms with E-state index in [1.807, 2.05) is 0 Å². The molecule has 10 heteroatoms. The molecule has 2 aromatic rings. The largest absolute Gasteiger partial charge is 0.369 e. The molecule has 0 saturated carbocycles. The fourth-order valence-electron chi connectivity index (χ4n) is 1.94. The van der Waals surface area contributed by atoms with E-state index in [0.29, 0.717) is 30.5 Å². The molecule has 3 heterocycles. The number of aromatic nitrogens is 2. The van der Waals surface area contributed by atoms with Crippen molar-refractivity contribution in [3.63, 3.8) is 0 Å². The van der Waals surface area contributed by atoms with E-state index < -0.39 is 10.0 Å². The van der Waals surface area contributed by atoms with Crippen molar-refractivity contribution in [2.24, 2.45) is 0 Å². The zero-order chi connectivity index (χ0) is 15.6. The molecule has 0 fully saturated rings. The van der Waals surface area contributed by atoms with Crippen molar-refractivity contribution in [3.05, 3.63) is 22.1 Å². The number of thiophene rings is 1. The first-order chi connectivity index (χ1) is 10.5.